The molecule has 0 aromatic heterocycles. The van der Waals surface area contributed by atoms with Crippen LogP contribution >= 0.6 is 0 Å². The maximum absolute atomic E-state index is 12.1. The average molecular weight is 421 g/mol. The summed E-state index contributed by atoms with van der Waals surface area (Å²) in [6.45, 7) is 12.6. The van der Waals surface area contributed by atoms with E-state index in [1.807, 2.05) is 13.8 Å². The van der Waals surface area contributed by atoms with Gasteiger partial charge in [0.05, 0.1) is 13.0 Å². The summed E-state index contributed by atoms with van der Waals surface area (Å²) in [7, 11) is 1.40. The maximum atomic E-state index is 12.1. The Morgan fingerprint density at radius 3 is 2.60 bits per heavy atom. The molecule has 1 aliphatic carbocycles. The van der Waals surface area contributed by atoms with E-state index in [0.29, 0.717) is 12.2 Å². The standard InChI is InChI=1S/C25H40O5/c1-17(10-11-20-18(2)21(26)12-15-24(20,4)5)9-8-14-25(6)16-13-22(29-30-25)19(3)23(27)28-7/h9,19,22H,8,10-16H2,1-7H3/b17-9+/t19-,22+,25+/m1/s1. The number of esters is 1. The Morgan fingerprint density at radius 2 is 2.00 bits per heavy atom. The molecule has 0 aromatic carbocycles. The third kappa shape index (κ3) is 6.27. The fourth-order valence-electron chi connectivity index (χ4n) is 4.57. The molecule has 0 N–H and O–H groups in total. The molecule has 0 radical (unpaired) electrons. The number of carbonyl (C=O) groups is 2. The zero-order valence-corrected chi connectivity index (χ0v) is 19.9. The van der Waals surface area contributed by atoms with E-state index in [9.17, 15) is 9.59 Å². The fourth-order valence-corrected chi connectivity index (χ4v) is 4.57. The molecular formula is C25H40O5. The van der Waals surface area contributed by atoms with Crippen molar-refractivity contribution >= 4 is 11.8 Å². The van der Waals surface area contributed by atoms with Crippen LogP contribution in [-0.4, -0.2) is 30.6 Å². The number of allylic oxidation sites excluding steroid dienone is 4. The Balaban J connectivity index is 1.82. The highest BCUT2D eigenvalue weighted by Crippen LogP contribution is 2.41. The van der Waals surface area contributed by atoms with E-state index in [4.69, 9.17) is 14.5 Å². The Bertz CT molecular complexity index is 692. The third-order valence-corrected chi connectivity index (χ3v) is 7.06. The summed E-state index contributed by atoms with van der Waals surface area (Å²) in [6, 6.07) is 0. The van der Waals surface area contributed by atoms with Crippen molar-refractivity contribution in [1.29, 1.82) is 0 Å². The van der Waals surface area contributed by atoms with Gasteiger partial charge in [0, 0.05) is 6.42 Å². The zero-order valence-electron chi connectivity index (χ0n) is 19.9. The van der Waals surface area contributed by atoms with Crippen LogP contribution in [0.2, 0.25) is 0 Å². The predicted molar refractivity (Wildman–Crippen MR) is 118 cm³/mol. The lowest BCUT2D eigenvalue weighted by molar-refractivity contribution is -0.411. The smallest absolute Gasteiger partial charge is 0.311 e. The minimum Gasteiger partial charge on any atom is -0.469 e. The molecule has 3 atom stereocenters. The zero-order chi connectivity index (χ0) is 22.5. The van der Waals surface area contributed by atoms with E-state index in [-0.39, 0.29) is 29.0 Å². The molecular weight excluding hydrogens is 380 g/mol. The van der Waals surface area contributed by atoms with Crippen molar-refractivity contribution in [3.63, 3.8) is 0 Å². The lowest BCUT2D eigenvalue weighted by Crippen LogP contribution is -2.41. The minimum atomic E-state index is -0.333. The molecule has 0 amide bonds. The second-order valence-electron chi connectivity index (χ2n) is 10.0. The largest absolute Gasteiger partial charge is 0.469 e. The molecule has 5 nitrogen and oxygen atoms in total. The van der Waals surface area contributed by atoms with Gasteiger partial charge >= 0.3 is 5.97 Å². The molecule has 0 bridgehead atoms. The van der Waals surface area contributed by atoms with Crippen molar-refractivity contribution in [3.05, 3.63) is 22.8 Å². The van der Waals surface area contributed by atoms with E-state index < -0.39 is 0 Å². The van der Waals surface area contributed by atoms with Crippen LogP contribution in [0, 0.1) is 11.3 Å². The van der Waals surface area contributed by atoms with Crippen LogP contribution < -0.4 is 0 Å². The first-order valence-electron chi connectivity index (χ1n) is 11.3. The van der Waals surface area contributed by atoms with Crippen molar-refractivity contribution in [2.24, 2.45) is 11.3 Å². The molecule has 1 fully saturated rings. The quantitative estimate of drug-likeness (QED) is 0.279. The summed E-state index contributed by atoms with van der Waals surface area (Å²) < 4.78 is 4.80. The van der Waals surface area contributed by atoms with Crippen molar-refractivity contribution in [3.8, 4) is 0 Å². The normalized spacial score (nSPS) is 28.4. The molecule has 1 aliphatic heterocycles. The molecule has 0 unspecified atom stereocenters. The van der Waals surface area contributed by atoms with Gasteiger partial charge in [0.25, 0.3) is 0 Å². The first-order chi connectivity index (χ1) is 14.0. The topological polar surface area (TPSA) is 61.8 Å². The van der Waals surface area contributed by atoms with Gasteiger partial charge in [-0.1, -0.05) is 31.1 Å². The van der Waals surface area contributed by atoms with Gasteiger partial charge in [0.15, 0.2) is 5.78 Å². The second kappa shape index (κ2) is 10.2. The number of methoxy groups -OCH3 is 1. The number of Topliss-reactive ketones (excluding diaryl/α,β-unsaturated/α-hetero) is 1. The van der Waals surface area contributed by atoms with Crippen molar-refractivity contribution in [1.82, 2.24) is 0 Å². The van der Waals surface area contributed by atoms with Crippen LogP contribution in [0.4, 0.5) is 0 Å². The van der Waals surface area contributed by atoms with Crippen LogP contribution in [0.1, 0.15) is 92.9 Å². The highest BCUT2D eigenvalue weighted by Gasteiger charge is 2.38. The van der Waals surface area contributed by atoms with E-state index in [1.165, 1.54) is 18.3 Å². The number of rotatable bonds is 8. The van der Waals surface area contributed by atoms with E-state index in [0.717, 1.165) is 50.5 Å². The maximum Gasteiger partial charge on any atom is 0.311 e. The SMILES string of the molecule is COC(=O)[C@H](C)[C@@H]1CC[C@](C)(CC/C=C(\C)CCC2=C(C)C(=O)CCC2(C)C)OO1. The number of ether oxygens (including phenoxy) is 1. The highest BCUT2D eigenvalue weighted by atomic mass is 17.2. The predicted octanol–water partition coefficient (Wildman–Crippen LogP) is 5.88. The molecule has 2 rings (SSSR count). The van der Waals surface area contributed by atoms with Crippen LogP contribution in [0.3, 0.4) is 0 Å². The number of carbonyl (C=O) groups excluding carboxylic acids is 2. The average Bonchev–Trinajstić information content (AvgIpc) is 2.70. The van der Waals surface area contributed by atoms with Gasteiger partial charge in [0.1, 0.15) is 11.7 Å². The molecule has 0 spiro atoms. The monoisotopic (exact) mass is 420 g/mol. The molecule has 1 heterocycles. The van der Waals surface area contributed by atoms with E-state index >= 15 is 0 Å². The number of hydrogen-bond acceptors (Lipinski definition) is 5. The van der Waals surface area contributed by atoms with Crippen molar-refractivity contribution < 1.29 is 24.1 Å². The van der Waals surface area contributed by atoms with Crippen molar-refractivity contribution in [2.45, 2.75) is 105 Å². The van der Waals surface area contributed by atoms with Crippen LogP contribution in [-0.2, 0) is 24.1 Å². The summed E-state index contributed by atoms with van der Waals surface area (Å²) in [4.78, 5) is 35.1. The van der Waals surface area contributed by atoms with Crippen molar-refractivity contribution in [2.75, 3.05) is 7.11 Å². The molecule has 1 saturated heterocycles. The lowest BCUT2D eigenvalue weighted by atomic mass is 9.70. The Hall–Kier alpha value is -1.46. The van der Waals surface area contributed by atoms with Crippen LogP contribution in [0.15, 0.2) is 22.8 Å². The Labute approximate surface area is 182 Å². The van der Waals surface area contributed by atoms with Gasteiger partial charge in [-0.2, -0.15) is 0 Å². The van der Waals surface area contributed by atoms with Crippen LogP contribution in [0.25, 0.3) is 0 Å². The molecule has 0 aromatic rings. The Kier molecular flexibility index (Phi) is 8.46. The summed E-state index contributed by atoms with van der Waals surface area (Å²) in [5.41, 5.74) is 3.45. The van der Waals surface area contributed by atoms with Gasteiger partial charge in [0.2, 0.25) is 0 Å². The Morgan fingerprint density at radius 1 is 1.30 bits per heavy atom. The number of hydrogen-bond donors (Lipinski definition) is 0. The molecule has 2 aliphatic rings. The van der Waals surface area contributed by atoms with Gasteiger partial charge in [-0.05, 0) is 83.6 Å². The summed E-state index contributed by atoms with van der Waals surface area (Å²) in [6.07, 6.45) is 9.03. The van der Waals surface area contributed by atoms with E-state index in [2.05, 4.69) is 33.8 Å². The van der Waals surface area contributed by atoms with Gasteiger partial charge in [-0.25, -0.2) is 9.78 Å². The summed E-state index contributed by atoms with van der Waals surface area (Å²) in [5.74, 6) is -0.275. The van der Waals surface area contributed by atoms with Gasteiger partial charge in [-0.15, -0.1) is 0 Å². The molecule has 170 valence electrons. The van der Waals surface area contributed by atoms with Crippen LogP contribution in [0.5, 0.6) is 0 Å². The second-order valence-corrected chi connectivity index (χ2v) is 10.0. The van der Waals surface area contributed by atoms with Gasteiger partial charge < -0.3 is 4.74 Å². The minimum absolute atomic E-state index is 0.122. The third-order valence-electron chi connectivity index (χ3n) is 7.06. The molecule has 30 heavy (non-hydrogen) atoms. The fraction of sp³-hybridized carbons (Fsp3) is 0.760. The highest BCUT2D eigenvalue weighted by molar-refractivity contribution is 5.96. The van der Waals surface area contributed by atoms with Gasteiger partial charge in [-0.3, -0.25) is 9.59 Å². The molecule has 5 heteroatoms. The first-order valence-corrected chi connectivity index (χ1v) is 11.3. The number of ketones is 1. The summed E-state index contributed by atoms with van der Waals surface area (Å²) >= 11 is 0. The molecule has 0 saturated carbocycles. The van der Waals surface area contributed by atoms with E-state index in [1.54, 1.807) is 0 Å². The lowest BCUT2D eigenvalue weighted by Gasteiger charge is -2.37. The summed E-state index contributed by atoms with van der Waals surface area (Å²) in [5, 5.41) is 0. The first kappa shape index (κ1) is 24.8.